The lowest BCUT2D eigenvalue weighted by atomic mass is 10.1. The fourth-order valence-electron chi connectivity index (χ4n) is 4.31. The van der Waals surface area contributed by atoms with Crippen LogP contribution < -0.4 is 14.8 Å². The largest absolute Gasteiger partial charge is 0.454 e. The first-order chi connectivity index (χ1) is 19.5. The van der Waals surface area contributed by atoms with E-state index in [0.717, 1.165) is 27.9 Å². The van der Waals surface area contributed by atoms with E-state index in [-0.39, 0.29) is 18.5 Å². The summed E-state index contributed by atoms with van der Waals surface area (Å²) in [4.78, 5) is 12.7. The zero-order chi connectivity index (χ0) is 27.5. The standard InChI is InChI=1S/C31H25FN4O3S/c1-20-2-7-23(8-3-20)29-34-35-31(36(29)26-13-11-25(32)12-14-26)40-18-21-4-9-24(10-5-21)30(37)33-17-22-6-15-27-28(16-22)39-19-38-27/h2-16H,17-19H2,1H3,(H,33,37). The first kappa shape index (κ1) is 25.6. The van der Waals surface area contributed by atoms with Gasteiger partial charge in [0.1, 0.15) is 5.82 Å². The highest BCUT2D eigenvalue weighted by molar-refractivity contribution is 7.98. The molecule has 0 unspecified atom stereocenters. The molecule has 0 spiro atoms. The maximum absolute atomic E-state index is 13.7. The average molecular weight is 553 g/mol. The number of amides is 1. The highest BCUT2D eigenvalue weighted by atomic mass is 32.2. The molecule has 7 nitrogen and oxygen atoms in total. The molecule has 0 bridgehead atoms. The number of rotatable bonds is 8. The van der Waals surface area contributed by atoms with Crippen LogP contribution in [-0.2, 0) is 12.3 Å². The van der Waals surface area contributed by atoms with E-state index in [9.17, 15) is 9.18 Å². The molecule has 0 saturated carbocycles. The number of nitrogens with zero attached hydrogens (tertiary/aromatic N) is 3. The van der Waals surface area contributed by atoms with Gasteiger partial charge in [0.15, 0.2) is 22.5 Å². The average Bonchev–Trinajstić information content (AvgIpc) is 3.63. The fourth-order valence-corrected chi connectivity index (χ4v) is 5.22. The van der Waals surface area contributed by atoms with Crippen LogP contribution in [0.5, 0.6) is 11.5 Å². The molecule has 4 aromatic carbocycles. The number of carbonyl (C=O) groups excluding carboxylic acids is 1. The summed E-state index contributed by atoms with van der Waals surface area (Å²) in [5.74, 6) is 2.25. The van der Waals surface area contributed by atoms with Crippen molar-refractivity contribution in [3.05, 3.63) is 119 Å². The Hall–Kier alpha value is -4.63. The number of fused-ring (bicyclic) bond motifs is 1. The van der Waals surface area contributed by atoms with E-state index >= 15 is 0 Å². The predicted molar refractivity (Wildman–Crippen MR) is 151 cm³/mol. The molecule has 1 amide bonds. The molecule has 1 N–H and O–H groups in total. The first-order valence-corrected chi connectivity index (χ1v) is 13.7. The van der Waals surface area contributed by atoms with Gasteiger partial charge in [0.2, 0.25) is 6.79 Å². The maximum atomic E-state index is 13.7. The number of ether oxygens (including phenoxy) is 2. The Labute approximate surface area is 235 Å². The van der Waals surface area contributed by atoms with Crippen LogP contribution in [0.15, 0.2) is 96.2 Å². The van der Waals surface area contributed by atoms with Crippen molar-refractivity contribution in [1.82, 2.24) is 20.1 Å². The van der Waals surface area contributed by atoms with Crippen LogP contribution in [0, 0.1) is 12.7 Å². The molecule has 1 aliphatic rings. The Morgan fingerprint density at radius 2 is 1.62 bits per heavy atom. The number of nitrogens with one attached hydrogen (secondary N) is 1. The quantitative estimate of drug-likeness (QED) is 0.227. The molecule has 0 saturated heterocycles. The number of carbonyl (C=O) groups is 1. The van der Waals surface area contributed by atoms with Gasteiger partial charge in [0, 0.05) is 29.1 Å². The minimum absolute atomic E-state index is 0.157. The van der Waals surface area contributed by atoms with E-state index in [0.29, 0.717) is 40.3 Å². The van der Waals surface area contributed by atoms with E-state index in [1.807, 2.05) is 78.2 Å². The number of hydrogen-bond donors (Lipinski definition) is 1. The van der Waals surface area contributed by atoms with Gasteiger partial charge in [-0.2, -0.15) is 0 Å². The van der Waals surface area contributed by atoms with Crippen molar-refractivity contribution >= 4 is 17.7 Å². The van der Waals surface area contributed by atoms with Crippen LogP contribution in [0.2, 0.25) is 0 Å². The van der Waals surface area contributed by atoms with Crippen molar-refractivity contribution in [3.63, 3.8) is 0 Å². The van der Waals surface area contributed by atoms with Gasteiger partial charge in [-0.15, -0.1) is 10.2 Å². The van der Waals surface area contributed by atoms with Crippen LogP contribution in [0.1, 0.15) is 27.0 Å². The summed E-state index contributed by atoms with van der Waals surface area (Å²) in [6.45, 7) is 2.63. The summed E-state index contributed by atoms with van der Waals surface area (Å²) in [5.41, 5.74) is 5.38. The second-order valence-corrected chi connectivity index (χ2v) is 10.3. The smallest absolute Gasteiger partial charge is 0.251 e. The Morgan fingerprint density at radius 1 is 0.900 bits per heavy atom. The van der Waals surface area contributed by atoms with Crippen LogP contribution in [0.3, 0.4) is 0 Å². The van der Waals surface area contributed by atoms with Gasteiger partial charge in [-0.05, 0) is 66.6 Å². The van der Waals surface area contributed by atoms with E-state index < -0.39 is 0 Å². The van der Waals surface area contributed by atoms with E-state index in [4.69, 9.17) is 9.47 Å². The number of aromatic nitrogens is 3. The third-order valence-electron chi connectivity index (χ3n) is 6.50. The fraction of sp³-hybridized carbons (Fsp3) is 0.129. The summed E-state index contributed by atoms with van der Waals surface area (Å²) in [6.07, 6.45) is 0. The molecule has 1 aliphatic heterocycles. The molecule has 1 aromatic heterocycles. The Balaban J connectivity index is 1.14. The van der Waals surface area contributed by atoms with Gasteiger partial charge < -0.3 is 14.8 Å². The van der Waals surface area contributed by atoms with Gasteiger partial charge in [-0.3, -0.25) is 9.36 Å². The van der Waals surface area contributed by atoms with Gasteiger partial charge in [-0.25, -0.2) is 4.39 Å². The second kappa shape index (κ2) is 11.2. The molecule has 0 atom stereocenters. The lowest BCUT2D eigenvalue weighted by Crippen LogP contribution is -2.22. The summed E-state index contributed by atoms with van der Waals surface area (Å²) in [5, 5.41) is 12.5. The Morgan fingerprint density at radius 3 is 2.40 bits per heavy atom. The van der Waals surface area contributed by atoms with Crippen molar-refractivity contribution in [1.29, 1.82) is 0 Å². The van der Waals surface area contributed by atoms with Crippen molar-refractivity contribution in [2.45, 2.75) is 24.4 Å². The van der Waals surface area contributed by atoms with E-state index in [2.05, 4.69) is 15.5 Å². The van der Waals surface area contributed by atoms with E-state index in [1.165, 1.54) is 23.9 Å². The van der Waals surface area contributed by atoms with Crippen LogP contribution >= 0.6 is 11.8 Å². The van der Waals surface area contributed by atoms with Gasteiger partial charge in [-0.1, -0.05) is 59.8 Å². The Kier molecular flexibility index (Phi) is 7.20. The summed E-state index contributed by atoms with van der Waals surface area (Å²) < 4.78 is 26.3. The molecular weight excluding hydrogens is 527 g/mol. The minimum Gasteiger partial charge on any atom is -0.454 e. The summed E-state index contributed by atoms with van der Waals surface area (Å²) in [7, 11) is 0. The number of aryl methyl sites for hydroxylation is 1. The zero-order valence-electron chi connectivity index (χ0n) is 21.6. The van der Waals surface area contributed by atoms with Gasteiger partial charge in [0.05, 0.1) is 0 Å². The third kappa shape index (κ3) is 5.55. The molecule has 2 heterocycles. The minimum atomic E-state index is -0.303. The van der Waals surface area contributed by atoms with Gasteiger partial charge >= 0.3 is 0 Å². The molecule has 0 fully saturated rings. The molecular formula is C31H25FN4O3S. The number of thioether (sulfide) groups is 1. The molecule has 200 valence electrons. The lowest BCUT2D eigenvalue weighted by Gasteiger charge is -2.11. The Bertz CT molecular complexity index is 1650. The van der Waals surface area contributed by atoms with E-state index in [1.54, 1.807) is 12.1 Å². The molecule has 9 heteroatoms. The normalized spacial score (nSPS) is 11.9. The lowest BCUT2D eigenvalue weighted by molar-refractivity contribution is 0.0951. The second-order valence-electron chi connectivity index (χ2n) is 9.34. The molecule has 0 aliphatic carbocycles. The van der Waals surface area contributed by atoms with Gasteiger partial charge in [0.25, 0.3) is 5.91 Å². The number of hydrogen-bond acceptors (Lipinski definition) is 6. The van der Waals surface area contributed by atoms with Crippen LogP contribution in [-0.4, -0.2) is 27.5 Å². The van der Waals surface area contributed by atoms with Crippen molar-refractivity contribution in [2.75, 3.05) is 6.79 Å². The predicted octanol–water partition coefficient (Wildman–Crippen LogP) is 6.33. The van der Waals surface area contributed by atoms with Crippen molar-refractivity contribution < 1.29 is 18.7 Å². The summed E-state index contributed by atoms with van der Waals surface area (Å²) in [6, 6.07) is 27.5. The highest BCUT2D eigenvalue weighted by Gasteiger charge is 2.17. The molecule has 5 aromatic rings. The number of benzene rings is 4. The first-order valence-electron chi connectivity index (χ1n) is 12.7. The molecule has 40 heavy (non-hydrogen) atoms. The zero-order valence-corrected chi connectivity index (χ0v) is 22.5. The van der Waals surface area contributed by atoms with Crippen LogP contribution in [0.25, 0.3) is 17.1 Å². The molecule has 6 rings (SSSR count). The molecule has 0 radical (unpaired) electrons. The SMILES string of the molecule is Cc1ccc(-c2nnc(SCc3ccc(C(=O)NCc4ccc5c(c4)OCO5)cc3)n2-c2ccc(F)cc2)cc1. The van der Waals surface area contributed by atoms with Crippen LogP contribution in [0.4, 0.5) is 4.39 Å². The van der Waals surface area contributed by atoms with Crippen molar-refractivity contribution in [3.8, 4) is 28.6 Å². The summed E-state index contributed by atoms with van der Waals surface area (Å²) >= 11 is 1.52. The number of halogens is 1. The maximum Gasteiger partial charge on any atom is 0.251 e. The van der Waals surface area contributed by atoms with Crippen molar-refractivity contribution in [2.24, 2.45) is 0 Å². The topological polar surface area (TPSA) is 78.3 Å². The highest BCUT2D eigenvalue weighted by Crippen LogP contribution is 2.33. The monoisotopic (exact) mass is 552 g/mol. The third-order valence-corrected chi connectivity index (χ3v) is 7.50.